The van der Waals surface area contributed by atoms with Gasteiger partial charge in [0.15, 0.2) is 10.8 Å². The fraction of sp³-hybridized carbons (Fsp3) is 0.268. The Hall–Kier alpha value is -9.64. The molecule has 14 nitrogen and oxygen atoms in total. The minimum atomic E-state index is -2.06. The molecule has 0 aromatic heterocycles. The summed E-state index contributed by atoms with van der Waals surface area (Å²) in [5, 5.41) is 58.5. The van der Waals surface area contributed by atoms with Crippen molar-refractivity contribution in [1.29, 1.82) is 0 Å². The average molecular weight is 1240 g/mol. The number of rotatable bonds is 0. The highest BCUT2D eigenvalue weighted by molar-refractivity contribution is 6.79. The summed E-state index contributed by atoms with van der Waals surface area (Å²) in [4.78, 5) is 71.1. The first-order valence-electron chi connectivity index (χ1n) is 34.8. The number of ether oxygens (including phenoxy) is 10. The van der Waals surface area contributed by atoms with Crippen molar-refractivity contribution < 1.29 is 66.5 Å². The summed E-state index contributed by atoms with van der Waals surface area (Å²) in [5.41, 5.74) is 0.305. The van der Waals surface area contributed by atoms with Crippen LogP contribution in [-0.2, 0) is 88.2 Å². The van der Waals surface area contributed by atoms with Crippen LogP contribution in [0, 0.1) is 10.8 Å². The molecule has 0 N–H and O–H groups in total. The molecule has 0 saturated heterocycles. The number of hydrogen-bond acceptors (Lipinski definition) is 14. The summed E-state index contributed by atoms with van der Waals surface area (Å²) in [6.07, 6.45) is 0. The number of cyclic esters (lactones) is 4. The lowest BCUT2D eigenvalue weighted by Gasteiger charge is -2.34. The van der Waals surface area contributed by atoms with Gasteiger partial charge in [-0.25, -0.2) is 0 Å². The van der Waals surface area contributed by atoms with E-state index in [-0.39, 0.29) is 106 Å². The first kappa shape index (κ1) is 43.4. The molecule has 96 heavy (non-hydrogen) atoms. The van der Waals surface area contributed by atoms with Gasteiger partial charge < -0.3 is 47.4 Å². The van der Waals surface area contributed by atoms with Gasteiger partial charge in [-0.3, -0.25) is 19.2 Å². The molecule has 2 atom stereocenters. The second-order valence-electron chi connectivity index (χ2n) is 31.7. The monoisotopic (exact) mass is 1240 g/mol. The maximum absolute atomic E-state index is 17.8. The molecule has 14 heteroatoms. The van der Waals surface area contributed by atoms with Crippen LogP contribution in [0.1, 0.15) is 44.5 Å². The predicted molar refractivity (Wildman–Crippen MR) is 360 cm³/mol. The van der Waals surface area contributed by atoms with Crippen molar-refractivity contribution in [2.24, 2.45) is 10.8 Å². The van der Waals surface area contributed by atoms with Crippen LogP contribution in [0.3, 0.4) is 0 Å². The normalized spacial score (nSPS) is 30.2. The second-order valence-corrected chi connectivity index (χ2v) is 31.7. The third-order valence-corrected chi connectivity index (χ3v) is 30.8. The predicted octanol–water partition coefficient (Wildman–Crippen LogP) is 13.1. The van der Waals surface area contributed by atoms with Crippen molar-refractivity contribution in [2.75, 3.05) is 106 Å². The van der Waals surface area contributed by atoms with Crippen molar-refractivity contribution in [1.82, 2.24) is 0 Å². The fourth-order valence-electron chi connectivity index (χ4n) is 30.3. The SMILES string of the molecule is O=C1OCCOCCOCCOCCOC(=O)C23C(=O)OCCOCCOCCOCCOC(=O)C14C15c6c7c8c9c%10c%11c%12c%13c%14c%15c%16c(c-7c7c%17c%18c(c%19c%20c1c1c6c9c6c%10c9c%12c%10c%12c%13c%13c%15c(c%16%17)c%15c%18c%16c%19c%17c%20c%18c1c6c1c9c%10c6c(c%181)c%17c1c%16c%15c%13c%12c16)C745)C82C%11%143. The Morgan fingerprint density at radius 2 is 0.271 bits per heavy atom. The Morgan fingerprint density at radius 1 is 0.146 bits per heavy atom. The molecule has 10 aliphatic carbocycles. The average Bonchev–Trinajstić information content (AvgIpc) is 1.34. The van der Waals surface area contributed by atoms with Gasteiger partial charge in [-0.15, -0.1) is 0 Å². The molecule has 2 aliphatic heterocycles. The number of hydrogen-bond donors (Lipinski definition) is 0. The van der Waals surface area contributed by atoms with E-state index < -0.39 is 56.4 Å². The first-order chi connectivity index (χ1) is 47.6. The highest BCUT2D eigenvalue weighted by Crippen LogP contribution is 3.02. The Kier molecular flexibility index (Phi) is 5.09. The molecule has 9 bridgehead atoms. The van der Waals surface area contributed by atoms with Gasteiger partial charge >= 0.3 is 23.9 Å². The molecule has 36 rings (SSSR count). The van der Waals surface area contributed by atoms with Crippen LogP contribution in [0.4, 0.5) is 0 Å². The summed E-state index contributed by atoms with van der Waals surface area (Å²) in [6.45, 7) is 1.85. The van der Waals surface area contributed by atoms with Crippen molar-refractivity contribution in [3.63, 3.8) is 0 Å². The van der Waals surface area contributed by atoms with Gasteiger partial charge in [0.2, 0.25) is 0 Å². The minimum absolute atomic E-state index is 0.0764. The van der Waals surface area contributed by atoms with E-state index in [1.54, 1.807) is 0 Å². The Labute approximate surface area is 529 Å². The molecule has 444 valence electrons. The van der Waals surface area contributed by atoms with Crippen LogP contribution in [-0.4, -0.2) is 130 Å². The van der Waals surface area contributed by atoms with E-state index in [0.717, 1.165) is 109 Å². The summed E-state index contributed by atoms with van der Waals surface area (Å²) in [7, 11) is 0. The molecule has 2 heterocycles. The van der Waals surface area contributed by atoms with E-state index in [2.05, 4.69) is 0 Å². The highest BCUT2D eigenvalue weighted by atomic mass is 16.6. The van der Waals surface area contributed by atoms with Gasteiger partial charge in [0.25, 0.3) is 0 Å². The van der Waals surface area contributed by atoms with Crippen molar-refractivity contribution >= 4 is 272 Å². The minimum Gasteiger partial charge on any atom is -0.462 e. The van der Waals surface area contributed by atoms with Crippen LogP contribution in [0.15, 0.2) is 0 Å². The van der Waals surface area contributed by atoms with Crippen LogP contribution in [0.5, 0.6) is 0 Å². The van der Waals surface area contributed by atoms with Crippen molar-refractivity contribution in [3.05, 3.63) is 44.5 Å². The number of carbonyl (C=O) groups excluding carboxylic acids is 4. The Morgan fingerprint density at radius 3 is 0.458 bits per heavy atom. The van der Waals surface area contributed by atoms with E-state index in [1.165, 1.54) is 194 Å². The maximum Gasteiger partial charge on any atom is 0.326 e. The quantitative estimate of drug-likeness (QED) is 0.0610. The lowest BCUT2D eigenvalue weighted by Crippen LogP contribution is -2.40. The summed E-state index contributed by atoms with van der Waals surface area (Å²) in [6, 6.07) is 0. The van der Waals surface area contributed by atoms with E-state index in [4.69, 9.17) is 47.4 Å². The second kappa shape index (κ2) is 11.3. The van der Waals surface area contributed by atoms with Gasteiger partial charge in [-0.05, 0) is 303 Å². The lowest BCUT2D eigenvalue weighted by molar-refractivity contribution is -0.169. The number of esters is 4. The van der Waals surface area contributed by atoms with Crippen LogP contribution in [0.25, 0.3) is 259 Å². The third kappa shape index (κ3) is 2.72. The molecule has 24 aromatic carbocycles. The molecule has 24 aromatic rings. The van der Waals surface area contributed by atoms with Gasteiger partial charge in [0, 0.05) is 0 Å². The molecule has 0 amide bonds. The molecular weight excluding hydrogens is 1210 g/mol. The van der Waals surface area contributed by atoms with Crippen LogP contribution in [0.2, 0.25) is 0 Å². The molecule has 4 spiro atoms. The molecule has 2 fully saturated rings. The lowest BCUT2D eigenvalue weighted by atomic mass is 9.66. The van der Waals surface area contributed by atoms with E-state index in [1.807, 2.05) is 0 Å². The van der Waals surface area contributed by atoms with Gasteiger partial charge in [-0.1, -0.05) is 0 Å². The molecule has 2 saturated carbocycles. The number of carbonyl (C=O) groups is 4. The Balaban J connectivity index is 0.903. The Bertz CT molecular complexity index is 7730. The van der Waals surface area contributed by atoms with Crippen molar-refractivity contribution in [2.45, 2.75) is 21.7 Å². The largest absolute Gasteiger partial charge is 0.462 e. The summed E-state index contributed by atoms with van der Waals surface area (Å²) < 4.78 is 65.2. The summed E-state index contributed by atoms with van der Waals surface area (Å²) >= 11 is 0. The van der Waals surface area contributed by atoms with Crippen LogP contribution >= 0.6 is 0 Å². The summed E-state index contributed by atoms with van der Waals surface area (Å²) in [5.74, 6) is -2.47. The zero-order valence-electron chi connectivity index (χ0n) is 50.0. The zero-order valence-corrected chi connectivity index (χ0v) is 50.0. The maximum atomic E-state index is 17.8. The molecule has 2 unspecified atom stereocenters. The van der Waals surface area contributed by atoms with E-state index >= 15 is 19.2 Å². The molecular formula is C82H32O14. The zero-order chi connectivity index (χ0) is 60.0. The van der Waals surface area contributed by atoms with Crippen molar-refractivity contribution in [3.8, 4) is 11.1 Å². The first-order valence-corrected chi connectivity index (χ1v) is 34.8. The molecule has 0 radical (unpaired) electrons. The smallest absolute Gasteiger partial charge is 0.326 e. The van der Waals surface area contributed by atoms with E-state index in [9.17, 15) is 0 Å². The van der Waals surface area contributed by atoms with E-state index in [0.29, 0.717) is 0 Å². The number of benzene rings is 16. The topological polar surface area (TPSA) is 161 Å². The van der Waals surface area contributed by atoms with Gasteiger partial charge in [-0.2, -0.15) is 0 Å². The standard InChI is InChI=1S/C82H32O14/c83-73-81-74(84)94-14-10-90-6-2-88-4-8-92-12-16-96-76(86)82(75(85)95-15-11-91-7-3-87-1-5-89-9-13-93-73)78-67-53-45-34-26-19-17-18-20-25(19)38(45)46-35-27(20)24-29-22(18)31-30-21(17)28-23(26)32-39-47-36(28)41(30)51-52-42(31)37(29)48-40-33(24)44(35)56-60-50(40)62-58(48)66(52)77(81)65(51)57(47)61-49(39)59(55(67)43(32)34)69(78)63-64(72(62)80(77,81)71(61)63)70(60)79(78,82)68(56)54(46)53/h1-16H2. The van der Waals surface area contributed by atoms with Gasteiger partial charge in [0.05, 0.1) is 101 Å². The van der Waals surface area contributed by atoms with Crippen LogP contribution < -0.4 is 0 Å². The third-order valence-electron chi connectivity index (χ3n) is 30.8. The highest BCUT2D eigenvalue weighted by Gasteiger charge is 3.06. The fourth-order valence-corrected chi connectivity index (χ4v) is 30.3. The molecule has 12 aliphatic rings. The van der Waals surface area contributed by atoms with Gasteiger partial charge in [0.1, 0.15) is 26.4 Å².